The van der Waals surface area contributed by atoms with Crippen LogP contribution in [0.2, 0.25) is 0 Å². The first-order valence-corrected chi connectivity index (χ1v) is 15.9. The van der Waals surface area contributed by atoms with Gasteiger partial charge in [0.05, 0.1) is 18.3 Å². The smallest absolute Gasteiger partial charge is 0.415 e. The minimum Gasteiger partial charge on any atom is -0.483 e. The van der Waals surface area contributed by atoms with E-state index >= 15 is 0 Å². The molecule has 15 nitrogen and oxygen atoms in total. The van der Waals surface area contributed by atoms with Crippen LogP contribution in [0.1, 0.15) is 56.6 Å². The molecule has 2 unspecified atom stereocenters. The summed E-state index contributed by atoms with van der Waals surface area (Å²) in [6.45, 7) is 10.3. The van der Waals surface area contributed by atoms with Crippen molar-refractivity contribution < 1.29 is 33.8 Å². The maximum atomic E-state index is 13.9. The number of rotatable bonds is 5. The number of piperazine rings is 1. The van der Waals surface area contributed by atoms with Crippen molar-refractivity contribution in [3.63, 3.8) is 0 Å². The lowest BCUT2D eigenvalue weighted by atomic mass is 9.83. The fourth-order valence-electron chi connectivity index (χ4n) is 6.28. The number of nitrogens with two attached hydrogens (primary N) is 1. The number of carbonyl (C=O) groups excluding carboxylic acids is 3. The number of carboxylic acid groups (broad SMARTS) is 1. The number of hydrogen-bond donors (Lipinski definition) is 2. The number of ketones is 1. The van der Waals surface area contributed by atoms with Gasteiger partial charge in [-0.3, -0.25) is 14.4 Å². The van der Waals surface area contributed by atoms with E-state index in [0.717, 1.165) is 10.1 Å². The third-order valence-corrected chi connectivity index (χ3v) is 9.01. The predicted molar refractivity (Wildman–Crippen MR) is 177 cm³/mol. The van der Waals surface area contributed by atoms with E-state index < -0.39 is 35.2 Å². The Kier molecular flexibility index (Phi) is 9.67. The number of aromatic nitrogens is 3. The molecule has 0 saturated carbocycles. The first-order valence-electron chi connectivity index (χ1n) is 15.9. The molecule has 3 N–H and O–H groups in total. The van der Waals surface area contributed by atoms with Gasteiger partial charge in [0.1, 0.15) is 23.1 Å². The maximum Gasteiger partial charge on any atom is 0.415 e. The second kappa shape index (κ2) is 13.6. The van der Waals surface area contributed by atoms with Gasteiger partial charge in [-0.1, -0.05) is 19.9 Å². The Morgan fingerprint density at radius 2 is 1.61 bits per heavy atom. The normalized spacial score (nSPS) is 18.0. The van der Waals surface area contributed by atoms with Crippen LogP contribution in [0.3, 0.4) is 0 Å². The number of benzene rings is 2. The topological polar surface area (TPSA) is 188 Å². The van der Waals surface area contributed by atoms with Gasteiger partial charge in [0.15, 0.2) is 5.78 Å². The van der Waals surface area contributed by atoms with Crippen LogP contribution in [0.25, 0.3) is 5.69 Å². The van der Waals surface area contributed by atoms with Crippen LogP contribution in [0.4, 0.5) is 4.79 Å². The molecule has 0 bridgehead atoms. The molecule has 2 aromatic carbocycles. The van der Waals surface area contributed by atoms with Crippen LogP contribution in [0, 0.1) is 5.92 Å². The summed E-state index contributed by atoms with van der Waals surface area (Å²) in [5.41, 5.74) is 6.46. The first kappa shape index (κ1) is 34.9. The highest BCUT2D eigenvalue weighted by Gasteiger charge is 2.44. The Hall–Kier alpha value is -5.44. The average Bonchev–Trinajstić information content (AvgIpc) is 3.33. The number of fused-ring (bicyclic) bond motifs is 5. The van der Waals surface area contributed by atoms with Gasteiger partial charge in [0.2, 0.25) is 5.91 Å². The van der Waals surface area contributed by atoms with E-state index in [2.05, 4.69) is 0 Å². The average molecular weight is 677 g/mol. The zero-order chi connectivity index (χ0) is 35.8. The zero-order valence-electron chi connectivity index (χ0n) is 28.0. The molecule has 4 heterocycles. The Bertz CT molecular complexity index is 1930. The Balaban J connectivity index is 0.00000151. The summed E-state index contributed by atoms with van der Waals surface area (Å²) in [5.74, 6) is 0.453. The summed E-state index contributed by atoms with van der Waals surface area (Å²) in [5, 5.41) is 6.89. The van der Waals surface area contributed by atoms with Crippen molar-refractivity contribution in [2.24, 2.45) is 11.7 Å². The molecule has 2 atom stereocenters. The summed E-state index contributed by atoms with van der Waals surface area (Å²) in [4.78, 5) is 76.5. The molecule has 1 aromatic heterocycles. The van der Waals surface area contributed by atoms with Gasteiger partial charge >= 0.3 is 17.5 Å². The summed E-state index contributed by atoms with van der Waals surface area (Å²) in [6, 6.07) is 10.1. The van der Waals surface area contributed by atoms with Gasteiger partial charge in [-0.25, -0.2) is 28.3 Å². The van der Waals surface area contributed by atoms with Gasteiger partial charge in [-0.05, 0) is 68.7 Å². The van der Waals surface area contributed by atoms with Gasteiger partial charge in [-0.15, -0.1) is 0 Å². The molecule has 0 radical (unpaired) electrons. The van der Waals surface area contributed by atoms with Crippen LogP contribution in [-0.2, 0) is 16.1 Å². The van der Waals surface area contributed by atoms with E-state index in [0.29, 0.717) is 48.7 Å². The lowest BCUT2D eigenvalue weighted by Crippen LogP contribution is -2.55. The van der Waals surface area contributed by atoms with E-state index in [-0.39, 0.29) is 36.4 Å². The van der Waals surface area contributed by atoms with Crippen LogP contribution < -0.4 is 26.6 Å². The summed E-state index contributed by atoms with van der Waals surface area (Å²) in [6.07, 6.45) is 1.36. The molecule has 0 spiro atoms. The molecule has 49 heavy (non-hydrogen) atoms. The number of Topliss-reactive ketones (excluding diaryl/α,β-unsaturated/α-hetero) is 1. The number of allylic oxidation sites excluding steroid dienone is 1. The molecule has 260 valence electrons. The van der Waals surface area contributed by atoms with Crippen molar-refractivity contribution in [3.8, 4) is 17.2 Å². The molecule has 2 amide bonds. The molecule has 1 fully saturated rings. The minimum absolute atomic E-state index is 0.0176. The molecular formula is C34H40N6O9. The van der Waals surface area contributed by atoms with Crippen molar-refractivity contribution in [2.45, 2.75) is 58.8 Å². The van der Waals surface area contributed by atoms with Crippen molar-refractivity contribution in [1.82, 2.24) is 23.7 Å². The Morgan fingerprint density at radius 3 is 2.20 bits per heavy atom. The lowest BCUT2D eigenvalue weighted by molar-refractivity contribution is -0.135. The van der Waals surface area contributed by atoms with Gasteiger partial charge in [0, 0.05) is 43.4 Å². The molecule has 6 rings (SSSR count). The van der Waals surface area contributed by atoms with E-state index in [9.17, 15) is 24.0 Å². The zero-order valence-corrected chi connectivity index (χ0v) is 28.0. The SMILES string of the molecule is CC(=O)c1ccc(-n2c(=O)n3n(c2=O)C2C(=CC3)C(C)(C)Oc3cc(OC(=O)N4CCN(C(=O)C(N)C(C)C)CC4)ccc32)cc1.O=CO. The third kappa shape index (κ3) is 6.53. The van der Waals surface area contributed by atoms with Crippen LogP contribution in [-0.4, -0.2) is 90.9 Å². The molecule has 3 aliphatic heterocycles. The molecule has 3 aromatic rings. The van der Waals surface area contributed by atoms with E-state index in [4.69, 9.17) is 25.1 Å². The second-order valence-electron chi connectivity index (χ2n) is 12.9. The standard InChI is InChI=1S/C33H38N6O7.CH2O2/c1-19(2)27(34)29(41)35-14-16-36(17-15-35)32(44)45-23-10-11-24-26(18-23)46-33(4,5)25-12-13-37-30(42)38(31(43)39(37)28(24)25)22-8-6-21(7-9-22)20(3)40;2-1-3/h6-12,18-19,27-28H,13-17,34H2,1-5H3;1H,(H,2,3). The summed E-state index contributed by atoms with van der Waals surface area (Å²) in [7, 11) is 0. The monoisotopic (exact) mass is 676 g/mol. The molecular weight excluding hydrogens is 636 g/mol. The largest absolute Gasteiger partial charge is 0.483 e. The van der Waals surface area contributed by atoms with Crippen molar-refractivity contribution >= 4 is 24.3 Å². The number of carbonyl (C=O) groups is 4. The molecule has 15 heteroatoms. The summed E-state index contributed by atoms with van der Waals surface area (Å²) < 4.78 is 16.0. The fraction of sp³-hybridized carbons (Fsp3) is 0.412. The number of amides is 2. The predicted octanol–water partition coefficient (Wildman–Crippen LogP) is 2.03. The summed E-state index contributed by atoms with van der Waals surface area (Å²) >= 11 is 0. The number of ether oxygens (including phenoxy) is 2. The van der Waals surface area contributed by atoms with Crippen LogP contribution in [0.5, 0.6) is 11.5 Å². The highest BCUT2D eigenvalue weighted by Crippen LogP contribution is 2.47. The van der Waals surface area contributed by atoms with Crippen molar-refractivity contribution in [2.75, 3.05) is 26.2 Å². The number of hydrogen-bond acceptors (Lipinski definition) is 9. The van der Waals surface area contributed by atoms with E-state index in [1.165, 1.54) is 16.3 Å². The molecule has 0 aliphatic carbocycles. The van der Waals surface area contributed by atoms with Crippen LogP contribution >= 0.6 is 0 Å². The Morgan fingerprint density at radius 1 is 1.00 bits per heavy atom. The van der Waals surface area contributed by atoms with Gasteiger partial charge < -0.3 is 30.1 Å². The van der Waals surface area contributed by atoms with Crippen LogP contribution in [0.15, 0.2) is 63.7 Å². The molecule has 3 aliphatic rings. The fourth-order valence-corrected chi connectivity index (χ4v) is 6.28. The quantitative estimate of drug-likeness (QED) is 0.230. The Labute approximate surface area is 281 Å². The van der Waals surface area contributed by atoms with Gasteiger partial charge in [0.25, 0.3) is 6.47 Å². The van der Waals surface area contributed by atoms with E-state index in [1.807, 2.05) is 33.8 Å². The van der Waals surface area contributed by atoms with Crippen molar-refractivity contribution in [3.05, 3.63) is 86.2 Å². The number of nitrogens with zero attached hydrogens (tertiary/aromatic N) is 5. The maximum absolute atomic E-state index is 13.9. The first-order chi connectivity index (χ1) is 23.2. The highest BCUT2D eigenvalue weighted by atomic mass is 16.6. The highest BCUT2D eigenvalue weighted by molar-refractivity contribution is 5.94. The van der Waals surface area contributed by atoms with E-state index in [1.54, 1.807) is 52.3 Å². The van der Waals surface area contributed by atoms with Gasteiger partial charge in [-0.2, -0.15) is 0 Å². The second-order valence-corrected chi connectivity index (χ2v) is 12.9. The molecule has 1 saturated heterocycles. The third-order valence-electron chi connectivity index (χ3n) is 9.01. The minimum atomic E-state index is -0.841. The van der Waals surface area contributed by atoms with Crippen molar-refractivity contribution in [1.29, 1.82) is 0 Å². The lowest BCUT2D eigenvalue weighted by Gasteiger charge is -2.42.